The molecule has 0 amide bonds. The van der Waals surface area contributed by atoms with Gasteiger partial charge < -0.3 is 5.11 Å². The summed E-state index contributed by atoms with van der Waals surface area (Å²) in [6.45, 7) is 1.73. The molecule has 0 fully saturated rings. The molecular weight excluding hydrogens is 306 g/mol. The minimum absolute atomic E-state index is 0.144. The molecule has 6 heteroatoms. The lowest BCUT2D eigenvalue weighted by atomic mass is 10.1. The van der Waals surface area contributed by atoms with Crippen LogP contribution in [-0.2, 0) is 16.6 Å². The highest BCUT2D eigenvalue weighted by molar-refractivity contribution is 7.89. The standard InChI is InChI=1S/C15H19NO3S2/c1-2-6-13(14-8-5-10-20-14)16-21(18,19)15-9-4-3-7-12(15)11-17/h3-5,7-10,13,16-17H,2,6,11H2,1H3. The molecule has 0 spiro atoms. The first-order chi connectivity index (χ1) is 10.1. The fraction of sp³-hybridized carbons (Fsp3) is 0.333. The number of benzene rings is 1. The van der Waals surface area contributed by atoms with Crippen molar-refractivity contribution < 1.29 is 13.5 Å². The second-order valence-electron chi connectivity index (χ2n) is 4.74. The molecule has 2 rings (SSSR count). The van der Waals surface area contributed by atoms with E-state index < -0.39 is 10.0 Å². The van der Waals surface area contributed by atoms with Crippen LogP contribution in [0.1, 0.15) is 36.2 Å². The molecule has 0 radical (unpaired) electrons. The quantitative estimate of drug-likeness (QED) is 0.822. The Morgan fingerprint density at radius 3 is 2.62 bits per heavy atom. The van der Waals surface area contributed by atoms with Crippen LogP contribution >= 0.6 is 11.3 Å². The number of hydrogen-bond acceptors (Lipinski definition) is 4. The smallest absolute Gasteiger partial charge is 0.241 e. The van der Waals surface area contributed by atoms with Gasteiger partial charge in [0.05, 0.1) is 17.5 Å². The molecule has 21 heavy (non-hydrogen) atoms. The van der Waals surface area contributed by atoms with Gasteiger partial charge in [0.2, 0.25) is 10.0 Å². The van der Waals surface area contributed by atoms with Gasteiger partial charge in [-0.2, -0.15) is 0 Å². The van der Waals surface area contributed by atoms with E-state index in [1.807, 2.05) is 24.4 Å². The van der Waals surface area contributed by atoms with Crippen LogP contribution in [0.3, 0.4) is 0 Å². The van der Waals surface area contributed by atoms with Crippen molar-refractivity contribution in [2.75, 3.05) is 0 Å². The summed E-state index contributed by atoms with van der Waals surface area (Å²) >= 11 is 1.54. The van der Waals surface area contributed by atoms with E-state index >= 15 is 0 Å². The first-order valence-corrected chi connectivity index (χ1v) is 9.19. The van der Waals surface area contributed by atoms with E-state index in [-0.39, 0.29) is 17.5 Å². The molecule has 0 bridgehead atoms. The highest BCUT2D eigenvalue weighted by Crippen LogP contribution is 2.26. The van der Waals surface area contributed by atoms with Crippen LogP contribution in [0.4, 0.5) is 0 Å². The highest BCUT2D eigenvalue weighted by Gasteiger charge is 2.23. The fourth-order valence-corrected chi connectivity index (χ4v) is 4.55. The second kappa shape index (κ2) is 7.17. The van der Waals surface area contributed by atoms with Gasteiger partial charge in [-0.15, -0.1) is 11.3 Å². The molecule has 4 nitrogen and oxygen atoms in total. The molecule has 1 aromatic carbocycles. The Morgan fingerprint density at radius 2 is 2.00 bits per heavy atom. The fourth-order valence-electron chi connectivity index (χ4n) is 2.18. The van der Waals surface area contributed by atoms with E-state index in [9.17, 15) is 13.5 Å². The number of nitrogens with one attached hydrogen (secondary N) is 1. The average molecular weight is 325 g/mol. The molecule has 0 aliphatic carbocycles. The Hall–Kier alpha value is -1.21. The zero-order valence-electron chi connectivity index (χ0n) is 11.8. The molecule has 2 N–H and O–H groups in total. The minimum Gasteiger partial charge on any atom is -0.392 e. The zero-order valence-corrected chi connectivity index (χ0v) is 13.5. The predicted molar refractivity (Wildman–Crippen MR) is 84.7 cm³/mol. The summed E-state index contributed by atoms with van der Waals surface area (Å²) in [6, 6.07) is 10.1. The number of aliphatic hydroxyl groups is 1. The van der Waals surface area contributed by atoms with E-state index in [0.29, 0.717) is 5.56 Å². The highest BCUT2D eigenvalue weighted by atomic mass is 32.2. The predicted octanol–water partition coefficient (Wildman–Crippen LogP) is 3.06. The molecule has 0 aliphatic heterocycles. The molecule has 0 saturated heterocycles. The summed E-state index contributed by atoms with van der Waals surface area (Å²) < 4.78 is 27.9. The van der Waals surface area contributed by atoms with Gasteiger partial charge >= 0.3 is 0 Å². The van der Waals surface area contributed by atoms with Gasteiger partial charge in [-0.1, -0.05) is 37.6 Å². The maximum Gasteiger partial charge on any atom is 0.241 e. The summed E-state index contributed by atoms with van der Waals surface area (Å²) in [5.41, 5.74) is 0.409. The van der Waals surface area contributed by atoms with E-state index in [0.717, 1.165) is 17.7 Å². The molecule has 1 aromatic heterocycles. The van der Waals surface area contributed by atoms with Crippen molar-refractivity contribution in [3.63, 3.8) is 0 Å². The lowest BCUT2D eigenvalue weighted by Crippen LogP contribution is -2.29. The molecule has 0 aliphatic rings. The molecule has 2 aromatic rings. The Kier molecular flexibility index (Phi) is 5.52. The number of sulfonamides is 1. The van der Waals surface area contributed by atoms with Gasteiger partial charge in [0.15, 0.2) is 0 Å². The van der Waals surface area contributed by atoms with Crippen LogP contribution in [-0.4, -0.2) is 13.5 Å². The third kappa shape index (κ3) is 3.91. The van der Waals surface area contributed by atoms with E-state index in [1.165, 1.54) is 6.07 Å². The van der Waals surface area contributed by atoms with Crippen LogP contribution in [0.25, 0.3) is 0 Å². The van der Waals surface area contributed by atoms with Crippen molar-refractivity contribution in [2.45, 2.75) is 37.3 Å². The summed E-state index contributed by atoms with van der Waals surface area (Å²) in [5.74, 6) is 0. The van der Waals surface area contributed by atoms with Crippen molar-refractivity contribution in [1.29, 1.82) is 0 Å². The van der Waals surface area contributed by atoms with Gasteiger partial charge in [0, 0.05) is 4.88 Å². The van der Waals surface area contributed by atoms with Crippen molar-refractivity contribution >= 4 is 21.4 Å². The Labute approximate surface area is 129 Å². The Balaban J connectivity index is 2.30. The van der Waals surface area contributed by atoms with Gasteiger partial charge in [0.1, 0.15) is 0 Å². The topological polar surface area (TPSA) is 66.4 Å². The lowest BCUT2D eigenvalue weighted by Gasteiger charge is -2.18. The van der Waals surface area contributed by atoms with Crippen LogP contribution in [0.15, 0.2) is 46.7 Å². The van der Waals surface area contributed by atoms with Gasteiger partial charge in [-0.25, -0.2) is 13.1 Å². The third-order valence-electron chi connectivity index (χ3n) is 3.19. The largest absolute Gasteiger partial charge is 0.392 e. The Morgan fingerprint density at radius 1 is 1.24 bits per heavy atom. The van der Waals surface area contributed by atoms with Crippen molar-refractivity contribution in [2.24, 2.45) is 0 Å². The molecule has 1 unspecified atom stereocenters. The maximum absolute atomic E-state index is 12.6. The maximum atomic E-state index is 12.6. The van der Waals surface area contributed by atoms with E-state index in [1.54, 1.807) is 29.5 Å². The normalized spacial score (nSPS) is 13.2. The van der Waals surface area contributed by atoms with Crippen LogP contribution < -0.4 is 4.72 Å². The number of thiophene rings is 1. The molecule has 0 saturated carbocycles. The van der Waals surface area contributed by atoms with Crippen molar-refractivity contribution in [3.8, 4) is 0 Å². The van der Waals surface area contributed by atoms with Crippen LogP contribution in [0.2, 0.25) is 0 Å². The summed E-state index contributed by atoms with van der Waals surface area (Å²) in [4.78, 5) is 1.15. The minimum atomic E-state index is -3.65. The number of rotatable bonds is 7. The van der Waals surface area contributed by atoms with Crippen molar-refractivity contribution in [1.82, 2.24) is 4.72 Å². The van der Waals surface area contributed by atoms with Gasteiger partial charge in [0.25, 0.3) is 0 Å². The van der Waals surface area contributed by atoms with Gasteiger partial charge in [-0.05, 0) is 29.5 Å². The summed E-state index contributed by atoms with van der Waals surface area (Å²) in [5, 5.41) is 11.3. The zero-order chi connectivity index (χ0) is 15.3. The Bertz CT molecular complexity index is 666. The number of hydrogen-bond donors (Lipinski definition) is 2. The SMILES string of the molecule is CCCC(NS(=O)(=O)c1ccccc1CO)c1cccs1. The summed E-state index contributed by atoms with van der Waals surface area (Å²) in [7, 11) is -3.65. The van der Waals surface area contributed by atoms with Gasteiger partial charge in [-0.3, -0.25) is 0 Å². The lowest BCUT2D eigenvalue weighted by molar-refractivity contribution is 0.278. The third-order valence-corrected chi connectivity index (χ3v) is 5.75. The molecular formula is C15H19NO3S2. The second-order valence-corrected chi connectivity index (χ2v) is 7.41. The first kappa shape index (κ1) is 16.2. The van der Waals surface area contributed by atoms with Crippen LogP contribution in [0.5, 0.6) is 0 Å². The van der Waals surface area contributed by atoms with Crippen molar-refractivity contribution in [3.05, 3.63) is 52.2 Å². The molecule has 1 atom stereocenters. The van der Waals surface area contributed by atoms with E-state index in [2.05, 4.69) is 4.72 Å². The van der Waals surface area contributed by atoms with Crippen LogP contribution in [0, 0.1) is 0 Å². The molecule has 114 valence electrons. The first-order valence-electron chi connectivity index (χ1n) is 6.83. The van der Waals surface area contributed by atoms with E-state index in [4.69, 9.17) is 0 Å². The average Bonchev–Trinajstić information content (AvgIpc) is 3.01. The number of aliphatic hydroxyl groups excluding tert-OH is 1. The summed E-state index contributed by atoms with van der Waals surface area (Å²) in [6.07, 6.45) is 1.62. The molecule has 1 heterocycles. The monoisotopic (exact) mass is 325 g/mol.